The Hall–Kier alpha value is -8.48. The van der Waals surface area contributed by atoms with E-state index >= 15 is 0 Å². The fraction of sp³-hybridized carbons (Fsp3) is 0. The minimum absolute atomic E-state index is 0.699. The molecule has 0 aliphatic carbocycles. The second kappa shape index (κ2) is 16.6. The van der Waals surface area contributed by atoms with Crippen LogP contribution >= 0.6 is 0 Å². The van der Waals surface area contributed by atoms with Gasteiger partial charge in [-0.2, -0.15) is 0 Å². The predicted molar refractivity (Wildman–Crippen MR) is 258 cm³/mol. The van der Waals surface area contributed by atoms with Crippen LogP contribution in [0, 0.1) is 0 Å². The highest BCUT2D eigenvalue weighted by Gasteiger charge is 2.18. The average Bonchev–Trinajstić information content (AvgIpc) is 3.32. The third-order valence-corrected chi connectivity index (χ3v) is 11.0. The summed E-state index contributed by atoms with van der Waals surface area (Å²) in [5.41, 5.74) is 21.7. The van der Waals surface area contributed by atoms with Crippen molar-refractivity contribution < 1.29 is 9.47 Å². The van der Waals surface area contributed by atoms with E-state index in [-0.39, 0.29) is 0 Å². The minimum atomic E-state index is 0.699. The molecule has 4 N–H and O–H groups in total. The van der Waals surface area contributed by atoms with Crippen LogP contribution < -0.4 is 30.7 Å². The van der Waals surface area contributed by atoms with E-state index in [0.717, 1.165) is 79.0 Å². The lowest BCUT2D eigenvalue weighted by Gasteiger charge is -2.27. The van der Waals surface area contributed by atoms with Crippen molar-refractivity contribution in [2.45, 2.75) is 0 Å². The van der Waals surface area contributed by atoms with Crippen LogP contribution in [0.15, 0.2) is 231 Å². The number of anilines is 8. The van der Waals surface area contributed by atoms with Crippen molar-refractivity contribution in [2.75, 3.05) is 21.3 Å². The molecule has 0 radical (unpaired) electrons. The van der Waals surface area contributed by atoms with Gasteiger partial charge in [-0.1, -0.05) is 97.1 Å². The molecule has 10 aromatic carbocycles. The molecule has 0 amide bonds. The topological polar surface area (TPSA) is 77.0 Å². The van der Waals surface area contributed by atoms with Crippen molar-refractivity contribution in [2.24, 2.45) is 0 Å². The first-order valence-electron chi connectivity index (χ1n) is 20.6. The van der Waals surface area contributed by atoms with Gasteiger partial charge in [-0.25, -0.2) is 0 Å². The lowest BCUT2D eigenvalue weighted by Crippen LogP contribution is -2.10. The van der Waals surface area contributed by atoms with E-state index in [1.54, 1.807) is 0 Å². The van der Waals surface area contributed by atoms with Gasteiger partial charge in [-0.3, -0.25) is 0 Å². The Morgan fingerprint density at radius 2 is 0.565 bits per heavy atom. The summed E-state index contributed by atoms with van der Waals surface area (Å²) in [5.74, 6) is 2.96. The average molecular weight is 803 g/mol. The summed E-state index contributed by atoms with van der Waals surface area (Å²) >= 11 is 0. The molecule has 62 heavy (non-hydrogen) atoms. The molecule has 0 fully saturated rings. The van der Waals surface area contributed by atoms with Gasteiger partial charge in [0.2, 0.25) is 0 Å². The molecule has 0 unspecified atom stereocenters. The Morgan fingerprint density at radius 3 is 0.919 bits per heavy atom. The summed E-state index contributed by atoms with van der Waals surface area (Å²) in [7, 11) is 0. The van der Waals surface area contributed by atoms with Gasteiger partial charge in [0.15, 0.2) is 0 Å². The molecule has 6 heteroatoms. The molecule has 0 bridgehead atoms. The zero-order valence-corrected chi connectivity index (χ0v) is 33.8. The summed E-state index contributed by atoms with van der Waals surface area (Å²) in [6.07, 6.45) is 0. The number of rotatable bonds is 11. The molecule has 0 aliphatic heterocycles. The maximum absolute atomic E-state index is 6.15. The first-order valence-corrected chi connectivity index (χ1v) is 20.6. The first kappa shape index (κ1) is 37.8. The highest BCUT2D eigenvalue weighted by Crippen LogP contribution is 2.43. The lowest BCUT2D eigenvalue weighted by atomic mass is 10.0. The predicted octanol–water partition coefficient (Wildman–Crippen LogP) is 15.3. The quantitative estimate of drug-likeness (QED) is 0.127. The van der Waals surface area contributed by atoms with Gasteiger partial charge in [0, 0.05) is 44.9 Å². The molecular weight excluding hydrogens is 761 g/mol. The highest BCUT2D eigenvalue weighted by atomic mass is 16.5. The molecule has 298 valence electrons. The number of ether oxygens (including phenoxy) is 2. The number of hydrogen-bond donors (Lipinski definition) is 2. The van der Waals surface area contributed by atoms with Crippen molar-refractivity contribution in [3.05, 3.63) is 231 Å². The van der Waals surface area contributed by atoms with Crippen molar-refractivity contribution in [1.29, 1.82) is 0 Å². The Labute approximate surface area is 361 Å². The molecular formula is C56H42N4O2. The summed E-state index contributed by atoms with van der Waals surface area (Å²) in [6.45, 7) is 0. The largest absolute Gasteiger partial charge is 0.457 e. The highest BCUT2D eigenvalue weighted by molar-refractivity contribution is 6.00. The molecule has 10 aromatic rings. The second-order valence-corrected chi connectivity index (χ2v) is 15.1. The molecule has 0 aromatic heterocycles. The van der Waals surface area contributed by atoms with Crippen LogP contribution in [0.2, 0.25) is 0 Å². The van der Waals surface area contributed by atoms with Gasteiger partial charge in [0.25, 0.3) is 0 Å². The third-order valence-electron chi connectivity index (χ3n) is 11.0. The molecule has 0 spiro atoms. The van der Waals surface area contributed by atoms with Crippen molar-refractivity contribution in [3.63, 3.8) is 0 Å². The number of nitrogens with zero attached hydrogens (tertiary/aromatic N) is 2. The molecule has 6 nitrogen and oxygen atoms in total. The molecule has 10 rings (SSSR count). The minimum Gasteiger partial charge on any atom is -0.457 e. The van der Waals surface area contributed by atoms with Gasteiger partial charge in [-0.05, 0) is 155 Å². The van der Waals surface area contributed by atoms with E-state index in [0.29, 0.717) is 11.4 Å². The van der Waals surface area contributed by atoms with Crippen molar-refractivity contribution in [3.8, 4) is 34.1 Å². The van der Waals surface area contributed by atoms with E-state index in [2.05, 4.69) is 168 Å². The molecule has 0 atom stereocenters. The summed E-state index contributed by atoms with van der Waals surface area (Å²) in [6, 6.07) is 78.8. The van der Waals surface area contributed by atoms with E-state index in [1.165, 1.54) is 10.8 Å². The number of nitrogen functional groups attached to an aromatic ring is 2. The van der Waals surface area contributed by atoms with Crippen LogP contribution in [-0.4, -0.2) is 0 Å². The molecule has 0 aliphatic rings. The maximum Gasteiger partial charge on any atom is 0.127 e. The van der Waals surface area contributed by atoms with Crippen LogP contribution in [0.25, 0.3) is 32.7 Å². The van der Waals surface area contributed by atoms with Gasteiger partial charge < -0.3 is 30.7 Å². The van der Waals surface area contributed by atoms with Gasteiger partial charge >= 0.3 is 0 Å². The molecule has 0 heterocycles. The SMILES string of the molecule is Nc1ccc(Oc2ccc(N(c3ccc(-c4ccc(N(c5ccc(Oc6ccc(N)cc6)cc5)c5cccc6ccccc56)cc4)cc3)c3cccc4ccccc34)cc2)cc1. The standard InChI is InChI=1S/C56H42N4O2/c57-43-19-31-49(32-20-43)61-51-35-27-47(28-36-51)59(55-13-5-9-41-7-1-3-11-53(41)55)45-23-15-39(16-24-45)40-17-25-46(26-18-40)60(56-14-6-10-42-8-2-4-12-54(42)56)48-29-37-52(38-30-48)62-50-33-21-44(58)22-34-50/h1-38H,57-58H2. The molecule has 0 saturated heterocycles. The number of fused-ring (bicyclic) bond motifs is 2. The maximum atomic E-state index is 6.15. The number of benzene rings is 10. The second-order valence-electron chi connectivity index (χ2n) is 15.1. The van der Waals surface area contributed by atoms with Crippen molar-refractivity contribution >= 4 is 67.0 Å². The Balaban J connectivity index is 0.968. The summed E-state index contributed by atoms with van der Waals surface area (Å²) < 4.78 is 12.3. The fourth-order valence-electron chi connectivity index (χ4n) is 7.94. The van der Waals surface area contributed by atoms with Crippen molar-refractivity contribution in [1.82, 2.24) is 0 Å². The van der Waals surface area contributed by atoms with Crippen LogP contribution in [0.3, 0.4) is 0 Å². The van der Waals surface area contributed by atoms with Crippen LogP contribution in [0.1, 0.15) is 0 Å². The van der Waals surface area contributed by atoms with Gasteiger partial charge in [0.1, 0.15) is 23.0 Å². The zero-order chi connectivity index (χ0) is 41.8. The summed E-state index contributed by atoms with van der Waals surface area (Å²) in [5, 5.41) is 4.68. The van der Waals surface area contributed by atoms with E-state index < -0.39 is 0 Å². The van der Waals surface area contributed by atoms with Gasteiger partial charge in [0.05, 0.1) is 11.4 Å². The van der Waals surface area contributed by atoms with E-state index in [4.69, 9.17) is 20.9 Å². The number of hydrogen-bond acceptors (Lipinski definition) is 6. The first-order chi connectivity index (χ1) is 30.5. The number of nitrogens with two attached hydrogens (primary N) is 2. The third kappa shape index (κ3) is 7.84. The van der Waals surface area contributed by atoms with Crippen LogP contribution in [0.5, 0.6) is 23.0 Å². The lowest BCUT2D eigenvalue weighted by molar-refractivity contribution is 0.482. The van der Waals surface area contributed by atoms with Crippen LogP contribution in [-0.2, 0) is 0 Å². The fourth-order valence-corrected chi connectivity index (χ4v) is 7.94. The summed E-state index contributed by atoms with van der Waals surface area (Å²) in [4.78, 5) is 4.60. The van der Waals surface area contributed by atoms with Gasteiger partial charge in [-0.15, -0.1) is 0 Å². The Bertz CT molecular complexity index is 2890. The molecule has 0 saturated carbocycles. The van der Waals surface area contributed by atoms with Crippen LogP contribution in [0.4, 0.5) is 45.5 Å². The normalized spacial score (nSPS) is 11.0. The smallest absolute Gasteiger partial charge is 0.127 e. The zero-order valence-electron chi connectivity index (χ0n) is 33.8. The Morgan fingerprint density at radius 1 is 0.274 bits per heavy atom. The van der Waals surface area contributed by atoms with E-state index in [9.17, 15) is 0 Å². The Kier molecular flexibility index (Phi) is 10.1. The monoisotopic (exact) mass is 802 g/mol. The van der Waals surface area contributed by atoms with E-state index in [1.807, 2.05) is 72.8 Å².